The molecule has 0 aliphatic rings. The van der Waals surface area contributed by atoms with Crippen molar-refractivity contribution in [2.45, 2.75) is 70.0 Å². The van der Waals surface area contributed by atoms with E-state index >= 15 is 0 Å². The molecule has 2 N–H and O–H groups in total. The van der Waals surface area contributed by atoms with Gasteiger partial charge in [-0.2, -0.15) is 0 Å². The molecule has 34 heavy (non-hydrogen) atoms. The van der Waals surface area contributed by atoms with Crippen molar-refractivity contribution in [2.24, 2.45) is 0 Å². The van der Waals surface area contributed by atoms with Gasteiger partial charge in [-0.25, -0.2) is 13.1 Å². The lowest BCUT2D eigenvalue weighted by Crippen LogP contribution is -2.55. The minimum Gasteiger partial charge on any atom is -0.497 e. The van der Waals surface area contributed by atoms with E-state index < -0.39 is 34.1 Å². The average molecular weight is 494 g/mol. The molecule has 0 fully saturated rings. The van der Waals surface area contributed by atoms with Gasteiger partial charge in [0.25, 0.3) is 0 Å². The summed E-state index contributed by atoms with van der Waals surface area (Å²) < 4.78 is 38.2. The van der Waals surface area contributed by atoms with Gasteiger partial charge in [-0.05, 0) is 63.1 Å². The highest BCUT2D eigenvalue weighted by atomic mass is 32.2. The Labute approximate surface area is 201 Å². The second kappa shape index (κ2) is 12.0. The highest BCUT2D eigenvalue weighted by molar-refractivity contribution is 7.89. The molecule has 0 aliphatic carbocycles. The molecule has 1 atom stereocenters. The van der Waals surface area contributed by atoms with Crippen molar-refractivity contribution in [2.75, 3.05) is 13.7 Å². The van der Waals surface area contributed by atoms with Crippen LogP contribution in [0, 0.1) is 0 Å². The Morgan fingerprint density at radius 2 is 1.82 bits per heavy atom. The molecular formula is C24H35N3O6S. The van der Waals surface area contributed by atoms with Crippen molar-refractivity contribution in [3.05, 3.63) is 48.4 Å². The summed E-state index contributed by atoms with van der Waals surface area (Å²) in [5.41, 5.74) is -0.446. The predicted molar refractivity (Wildman–Crippen MR) is 129 cm³/mol. The molecule has 0 saturated heterocycles. The van der Waals surface area contributed by atoms with E-state index in [1.54, 1.807) is 12.1 Å². The fourth-order valence-corrected chi connectivity index (χ4v) is 4.22. The standard InChI is InChI=1S/C24H35N3O6S/c1-6-9-21(23(29)26-24(3,4)7-2)27(17-19-10-8-15-33-19)22(28)16-25-34(30,31)20-13-11-18(32-5)12-14-20/h8,10-15,21,25H,6-7,9,16-17H2,1-5H3,(H,26,29)/t21-/m1/s1. The third-order valence-electron chi connectivity index (χ3n) is 5.60. The summed E-state index contributed by atoms with van der Waals surface area (Å²) in [5, 5.41) is 3.00. The number of carbonyl (C=O) groups is 2. The molecule has 0 saturated carbocycles. The number of benzene rings is 1. The van der Waals surface area contributed by atoms with Gasteiger partial charge in [0.05, 0.1) is 31.4 Å². The van der Waals surface area contributed by atoms with E-state index in [1.165, 1.54) is 42.5 Å². The monoisotopic (exact) mass is 493 g/mol. The van der Waals surface area contributed by atoms with Crippen LogP contribution in [0.2, 0.25) is 0 Å². The number of hydrogen-bond acceptors (Lipinski definition) is 6. The van der Waals surface area contributed by atoms with Crippen LogP contribution in [0.4, 0.5) is 0 Å². The van der Waals surface area contributed by atoms with Crippen LogP contribution in [0.5, 0.6) is 5.75 Å². The fourth-order valence-electron chi connectivity index (χ4n) is 3.25. The molecule has 2 amide bonds. The number of amides is 2. The van der Waals surface area contributed by atoms with E-state index in [0.717, 1.165) is 0 Å². The molecule has 0 spiro atoms. The number of methoxy groups -OCH3 is 1. The number of nitrogens with one attached hydrogen (secondary N) is 2. The van der Waals surface area contributed by atoms with E-state index in [4.69, 9.17) is 9.15 Å². The highest BCUT2D eigenvalue weighted by Gasteiger charge is 2.33. The molecule has 1 aromatic heterocycles. The Kier molecular flexibility index (Phi) is 9.69. The molecule has 9 nitrogen and oxygen atoms in total. The van der Waals surface area contributed by atoms with Gasteiger partial charge in [-0.15, -0.1) is 0 Å². The van der Waals surface area contributed by atoms with Gasteiger partial charge in [0, 0.05) is 5.54 Å². The lowest BCUT2D eigenvalue weighted by molar-refractivity contribution is -0.141. The third-order valence-corrected chi connectivity index (χ3v) is 7.01. The largest absolute Gasteiger partial charge is 0.497 e. The van der Waals surface area contributed by atoms with Crippen LogP contribution < -0.4 is 14.8 Å². The lowest BCUT2D eigenvalue weighted by Gasteiger charge is -2.34. The van der Waals surface area contributed by atoms with Gasteiger partial charge >= 0.3 is 0 Å². The van der Waals surface area contributed by atoms with Crippen molar-refractivity contribution in [3.8, 4) is 5.75 Å². The first-order valence-corrected chi connectivity index (χ1v) is 12.8. The van der Waals surface area contributed by atoms with Crippen molar-refractivity contribution < 1.29 is 27.2 Å². The van der Waals surface area contributed by atoms with Gasteiger partial charge in [0.2, 0.25) is 21.8 Å². The fraction of sp³-hybridized carbons (Fsp3) is 0.500. The molecule has 2 rings (SSSR count). The molecule has 0 unspecified atom stereocenters. The normalized spacial score (nSPS) is 12.7. The number of ether oxygens (including phenoxy) is 1. The van der Waals surface area contributed by atoms with E-state index in [-0.39, 0.29) is 17.3 Å². The minimum atomic E-state index is -3.94. The zero-order valence-electron chi connectivity index (χ0n) is 20.5. The molecule has 10 heteroatoms. The summed E-state index contributed by atoms with van der Waals surface area (Å²) in [4.78, 5) is 27.8. The molecule has 1 aromatic carbocycles. The predicted octanol–water partition coefficient (Wildman–Crippen LogP) is 3.07. The van der Waals surface area contributed by atoms with E-state index in [0.29, 0.717) is 30.8 Å². The first-order chi connectivity index (χ1) is 16.0. The van der Waals surface area contributed by atoms with Crippen LogP contribution >= 0.6 is 0 Å². The van der Waals surface area contributed by atoms with Crippen molar-refractivity contribution >= 4 is 21.8 Å². The number of furan rings is 1. The maximum atomic E-state index is 13.3. The Hall–Kier alpha value is -2.85. The van der Waals surface area contributed by atoms with Gasteiger partial charge in [0.1, 0.15) is 17.6 Å². The summed E-state index contributed by atoms with van der Waals surface area (Å²) in [5.74, 6) is 0.195. The number of hydrogen-bond donors (Lipinski definition) is 2. The zero-order valence-corrected chi connectivity index (χ0v) is 21.3. The SMILES string of the molecule is CCC[C@H](C(=O)NC(C)(C)CC)N(Cc1ccco1)C(=O)CNS(=O)(=O)c1ccc(OC)cc1. The number of carbonyl (C=O) groups excluding carboxylic acids is 2. The molecule has 0 radical (unpaired) electrons. The number of sulfonamides is 1. The van der Waals surface area contributed by atoms with Gasteiger partial charge < -0.3 is 19.4 Å². The molecule has 0 bridgehead atoms. The number of rotatable bonds is 13. The maximum absolute atomic E-state index is 13.3. The Bertz CT molecular complexity index is 1030. The molecule has 0 aliphatic heterocycles. The van der Waals surface area contributed by atoms with Gasteiger partial charge in [0.15, 0.2) is 0 Å². The van der Waals surface area contributed by atoms with Crippen LogP contribution in [0.25, 0.3) is 0 Å². The maximum Gasteiger partial charge on any atom is 0.243 e. The van der Waals surface area contributed by atoms with E-state index in [9.17, 15) is 18.0 Å². The first kappa shape index (κ1) is 27.4. The summed E-state index contributed by atoms with van der Waals surface area (Å²) in [7, 11) is -2.46. The van der Waals surface area contributed by atoms with Crippen molar-refractivity contribution in [1.82, 2.24) is 14.9 Å². The van der Waals surface area contributed by atoms with Gasteiger partial charge in [-0.3, -0.25) is 9.59 Å². The van der Waals surface area contributed by atoms with Crippen molar-refractivity contribution in [1.29, 1.82) is 0 Å². The topological polar surface area (TPSA) is 118 Å². The van der Waals surface area contributed by atoms with Crippen LogP contribution in [-0.2, 0) is 26.2 Å². The smallest absolute Gasteiger partial charge is 0.243 e. The van der Waals surface area contributed by atoms with Crippen LogP contribution in [-0.4, -0.2) is 50.4 Å². The summed E-state index contributed by atoms with van der Waals surface area (Å²) in [6.45, 7) is 7.26. The quantitative estimate of drug-likeness (QED) is 0.443. The minimum absolute atomic E-state index is 0.00577. The van der Waals surface area contributed by atoms with Crippen LogP contribution in [0.1, 0.15) is 52.7 Å². The Morgan fingerprint density at radius 1 is 1.15 bits per heavy atom. The molecule has 188 valence electrons. The molecule has 2 aromatic rings. The Morgan fingerprint density at radius 3 is 2.35 bits per heavy atom. The van der Waals surface area contributed by atoms with E-state index in [2.05, 4.69) is 10.0 Å². The highest BCUT2D eigenvalue weighted by Crippen LogP contribution is 2.18. The zero-order chi connectivity index (χ0) is 25.4. The molecule has 1 heterocycles. The summed E-state index contributed by atoms with van der Waals surface area (Å²) >= 11 is 0. The molecular weight excluding hydrogens is 458 g/mol. The van der Waals surface area contributed by atoms with Crippen LogP contribution in [0.15, 0.2) is 52.0 Å². The average Bonchev–Trinajstić information content (AvgIpc) is 3.33. The summed E-state index contributed by atoms with van der Waals surface area (Å²) in [6.07, 6.45) is 3.28. The van der Waals surface area contributed by atoms with Crippen LogP contribution in [0.3, 0.4) is 0 Å². The second-order valence-electron chi connectivity index (χ2n) is 8.63. The summed E-state index contributed by atoms with van der Waals surface area (Å²) in [6, 6.07) is 8.46. The number of nitrogens with zero attached hydrogens (tertiary/aromatic N) is 1. The van der Waals surface area contributed by atoms with E-state index in [1.807, 2.05) is 27.7 Å². The van der Waals surface area contributed by atoms with Crippen molar-refractivity contribution in [3.63, 3.8) is 0 Å². The first-order valence-electron chi connectivity index (χ1n) is 11.3. The third kappa shape index (κ3) is 7.59. The second-order valence-corrected chi connectivity index (χ2v) is 10.4. The van der Waals surface area contributed by atoms with Gasteiger partial charge in [-0.1, -0.05) is 20.3 Å². The lowest BCUT2D eigenvalue weighted by atomic mass is 10.00. The Balaban J connectivity index is 2.25.